The van der Waals surface area contributed by atoms with E-state index in [2.05, 4.69) is 20.3 Å². The highest BCUT2D eigenvalue weighted by Gasteiger charge is 2.22. The van der Waals surface area contributed by atoms with E-state index in [1.54, 1.807) is 37.9 Å². The van der Waals surface area contributed by atoms with Crippen LogP contribution in [-0.2, 0) is 0 Å². The van der Waals surface area contributed by atoms with E-state index in [0.717, 1.165) is 35.6 Å². The maximum atomic E-state index is 15.3. The smallest absolute Gasteiger partial charge is 0.245 e. The van der Waals surface area contributed by atoms with Crippen LogP contribution in [0.2, 0.25) is 0 Å². The first-order chi connectivity index (χ1) is 18.0. The minimum Gasteiger partial charge on any atom is -0.496 e. The molecule has 37 heavy (non-hydrogen) atoms. The number of nitrogens with one attached hydrogen (secondary N) is 1. The van der Waals surface area contributed by atoms with E-state index in [9.17, 15) is 5.11 Å². The normalized spacial score (nSPS) is 15.1. The summed E-state index contributed by atoms with van der Waals surface area (Å²) >= 11 is 0. The van der Waals surface area contributed by atoms with Crippen LogP contribution in [-0.4, -0.2) is 77.7 Å². The number of aromatic nitrogens is 3. The number of rotatable bonds is 8. The van der Waals surface area contributed by atoms with Crippen molar-refractivity contribution in [3.05, 3.63) is 60.5 Å². The molecule has 2 N–H and O–H groups in total. The van der Waals surface area contributed by atoms with Gasteiger partial charge in [-0.3, -0.25) is 4.90 Å². The number of methoxy groups -OCH3 is 2. The van der Waals surface area contributed by atoms with Crippen LogP contribution in [0.1, 0.15) is 6.92 Å². The fourth-order valence-electron chi connectivity index (χ4n) is 4.74. The number of hydrogen-bond donors (Lipinski definition) is 2. The second-order valence-corrected chi connectivity index (χ2v) is 9.10. The Kier molecular flexibility index (Phi) is 7.11. The molecule has 3 heterocycles. The van der Waals surface area contributed by atoms with Crippen molar-refractivity contribution in [3.63, 3.8) is 0 Å². The summed E-state index contributed by atoms with van der Waals surface area (Å²) < 4.78 is 28.2. The number of fused-ring (bicyclic) bond motifs is 1. The lowest BCUT2D eigenvalue weighted by Crippen LogP contribution is -2.48. The topological polar surface area (TPSA) is 87.4 Å². The van der Waals surface area contributed by atoms with Gasteiger partial charge in [-0.1, -0.05) is 12.1 Å². The molecular weight excluding hydrogens is 475 g/mol. The van der Waals surface area contributed by atoms with E-state index in [4.69, 9.17) is 9.47 Å². The molecule has 2 aromatic carbocycles. The number of aliphatic hydroxyl groups excluding tert-OH is 1. The third-order valence-electron chi connectivity index (χ3n) is 6.53. The predicted octanol–water partition coefficient (Wildman–Crippen LogP) is 3.80. The molecule has 0 spiro atoms. The molecule has 2 aromatic heterocycles. The van der Waals surface area contributed by atoms with Gasteiger partial charge in [0.2, 0.25) is 5.95 Å². The number of para-hydroxylation sites is 1. The van der Waals surface area contributed by atoms with E-state index < -0.39 is 0 Å². The van der Waals surface area contributed by atoms with Gasteiger partial charge in [-0.25, -0.2) is 13.9 Å². The SMILES string of the molecule is COc1cc(N2CCN(CC(C)O)CC2)c(F)cc1Nc1ncc2ccc(-c3ccccc3OC)n2n1. The fourth-order valence-corrected chi connectivity index (χ4v) is 4.74. The van der Waals surface area contributed by atoms with Gasteiger partial charge in [-0.05, 0) is 31.2 Å². The molecule has 1 saturated heterocycles. The number of halogens is 1. The molecule has 10 heteroatoms. The fraction of sp³-hybridized carbons (Fsp3) is 0.333. The first-order valence-corrected chi connectivity index (χ1v) is 12.2. The molecule has 1 unspecified atom stereocenters. The Morgan fingerprint density at radius 1 is 1.03 bits per heavy atom. The van der Waals surface area contributed by atoms with Gasteiger partial charge < -0.3 is 24.8 Å². The van der Waals surface area contributed by atoms with Crippen LogP contribution in [0.15, 0.2) is 54.7 Å². The largest absolute Gasteiger partial charge is 0.496 e. The van der Waals surface area contributed by atoms with Crippen LogP contribution in [0.25, 0.3) is 16.8 Å². The summed E-state index contributed by atoms with van der Waals surface area (Å²) in [6.07, 6.45) is 1.32. The zero-order valence-electron chi connectivity index (χ0n) is 21.2. The Morgan fingerprint density at radius 3 is 2.51 bits per heavy atom. The predicted molar refractivity (Wildman–Crippen MR) is 142 cm³/mol. The molecule has 0 aliphatic carbocycles. The number of ether oxygens (including phenoxy) is 2. The Morgan fingerprint density at radius 2 is 1.78 bits per heavy atom. The Labute approximate surface area is 215 Å². The van der Waals surface area contributed by atoms with E-state index in [0.29, 0.717) is 42.7 Å². The van der Waals surface area contributed by atoms with Crippen molar-refractivity contribution in [3.8, 4) is 22.8 Å². The Balaban J connectivity index is 1.40. The first kappa shape index (κ1) is 24.8. The second kappa shape index (κ2) is 10.6. The highest BCUT2D eigenvalue weighted by atomic mass is 19.1. The lowest BCUT2D eigenvalue weighted by atomic mass is 10.1. The van der Waals surface area contributed by atoms with E-state index in [1.807, 2.05) is 41.3 Å². The van der Waals surface area contributed by atoms with Crippen molar-refractivity contribution in [2.75, 3.05) is 57.2 Å². The minimum absolute atomic E-state index is 0.303. The van der Waals surface area contributed by atoms with E-state index >= 15 is 4.39 Å². The Hall–Kier alpha value is -3.89. The molecule has 1 aliphatic rings. The quantitative estimate of drug-likeness (QED) is 0.373. The molecule has 9 nitrogen and oxygen atoms in total. The Bertz CT molecular complexity index is 1380. The third kappa shape index (κ3) is 5.16. The van der Waals surface area contributed by atoms with E-state index in [1.165, 1.54) is 6.07 Å². The lowest BCUT2D eigenvalue weighted by molar-refractivity contribution is 0.122. The lowest BCUT2D eigenvalue weighted by Gasteiger charge is -2.36. The molecule has 0 radical (unpaired) electrons. The number of nitrogens with zero attached hydrogens (tertiary/aromatic N) is 5. The van der Waals surface area contributed by atoms with Crippen LogP contribution < -0.4 is 19.7 Å². The minimum atomic E-state index is -0.382. The monoisotopic (exact) mass is 506 g/mol. The number of β-amino-alcohol motifs (C(OH)–C–C–N with tert-alkyl or cyclic N) is 1. The summed E-state index contributed by atoms with van der Waals surface area (Å²) in [4.78, 5) is 8.60. The summed E-state index contributed by atoms with van der Waals surface area (Å²) in [5.74, 6) is 1.17. The van der Waals surface area contributed by atoms with Gasteiger partial charge in [-0.2, -0.15) is 0 Å². The molecule has 0 saturated carbocycles. The van der Waals surface area contributed by atoms with Gasteiger partial charge in [-0.15, -0.1) is 5.10 Å². The molecule has 0 bridgehead atoms. The molecule has 5 rings (SSSR count). The van der Waals surface area contributed by atoms with Crippen LogP contribution in [0.3, 0.4) is 0 Å². The number of hydrogen-bond acceptors (Lipinski definition) is 8. The molecular formula is C27H31FN6O3. The van der Waals surface area contributed by atoms with Crippen molar-refractivity contribution in [1.29, 1.82) is 0 Å². The third-order valence-corrected chi connectivity index (χ3v) is 6.53. The average molecular weight is 507 g/mol. The average Bonchev–Trinajstić information content (AvgIpc) is 3.32. The summed E-state index contributed by atoms with van der Waals surface area (Å²) in [6, 6.07) is 14.7. The maximum absolute atomic E-state index is 15.3. The molecule has 1 aliphatic heterocycles. The van der Waals surface area contributed by atoms with Crippen LogP contribution in [0.5, 0.6) is 11.5 Å². The van der Waals surface area contributed by atoms with Gasteiger partial charge in [0.1, 0.15) is 17.3 Å². The van der Waals surface area contributed by atoms with E-state index in [-0.39, 0.29) is 11.9 Å². The molecule has 1 atom stereocenters. The molecule has 0 amide bonds. The summed E-state index contributed by atoms with van der Waals surface area (Å²) in [7, 11) is 3.19. The number of benzene rings is 2. The second-order valence-electron chi connectivity index (χ2n) is 9.10. The van der Waals surface area contributed by atoms with Gasteiger partial charge in [0.15, 0.2) is 0 Å². The highest BCUT2D eigenvalue weighted by Crippen LogP contribution is 2.35. The standard InChI is InChI=1S/C27H31FN6O3/c1-18(35)17-32-10-12-33(13-11-32)24-15-26(37-3)22(14-21(24)28)30-27-29-16-19-8-9-23(34(19)31-27)20-6-4-5-7-25(20)36-2/h4-9,14-16,18,35H,10-13,17H2,1-3H3,(H,30,31). The van der Waals surface area contributed by atoms with Crippen molar-refractivity contribution < 1.29 is 19.0 Å². The number of anilines is 3. The van der Waals surface area contributed by atoms with Crippen molar-refractivity contribution in [1.82, 2.24) is 19.5 Å². The van der Waals surface area contributed by atoms with Gasteiger partial charge in [0, 0.05) is 50.4 Å². The zero-order chi connectivity index (χ0) is 25.9. The zero-order valence-corrected chi connectivity index (χ0v) is 21.2. The van der Waals surface area contributed by atoms with Gasteiger partial charge in [0.05, 0.1) is 49.1 Å². The maximum Gasteiger partial charge on any atom is 0.245 e. The summed E-state index contributed by atoms with van der Waals surface area (Å²) in [6.45, 7) is 5.24. The highest BCUT2D eigenvalue weighted by molar-refractivity contribution is 5.73. The van der Waals surface area contributed by atoms with Crippen molar-refractivity contribution >= 4 is 22.8 Å². The van der Waals surface area contributed by atoms with Crippen molar-refractivity contribution in [2.45, 2.75) is 13.0 Å². The van der Waals surface area contributed by atoms with Gasteiger partial charge >= 0.3 is 0 Å². The summed E-state index contributed by atoms with van der Waals surface area (Å²) in [5.41, 5.74) is 3.48. The molecule has 4 aromatic rings. The number of aliphatic hydroxyl groups is 1. The van der Waals surface area contributed by atoms with Crippen molar-refractivity contribution in [2.24, 2.45) is 0 Å². The molecule has 194 valence electrons. The van der Waals surface area contributed by atoms with Crippen LogP contribution in [0.4, 0.5) is 21.7 Å². The summed E-state index contributed by atoms with van der Waals surface area (Å²) in [5, 5.41) is 17.4. The first-order valence-electron chi connectivity index (χ1n) is 12.2. The number of piperazine rings is 1. The van der Waals surface area contributed by atoms with Crippen LogP contribution >= 0.6 is 0 Å². The molecule has 1 fully saturated rings. The van der Waals surface area contributed by atoms with Crippen LogP contribution in [0, 0.1) is 5.82 Å². The van der Waals surface area contributed by atoms with Gasteiger partial charge in [0.25, 0.3) is 0 Å².